The SMILES string of the molecule is CCCNc1ncc(Cl)c(Nc2ccccc2CCC)n1. The number of rotatable bonds is 7. The molecule has 2 rings (SSSR count). The normalized spacial score (nSPS) is 10.4. The number of hydrogen-bond donors (Lipinski definition) is 2. The van der Waals surface area contributed by atoms with Gasteiger partial charge in [0, 0.05) is 12.2 Å². The van der Waals surface area contributed by atoms with E-state index < -0.39 is 0 Å². The average molecular weight is 305 g/mol. The molecule has 2 N–H and O–H groups in total. The summed E-state index contributed by atoms with van der Waals surface area (Å²) in [6.07, 6.45) is 4.76. The van der Waals surface area contributed by atoms with E-state index in [1.54, 1.807) is 6.20 Å². The number of hydrogen-bond acceptors (Lipinski definition) is 4. The van der Waals surface area contributed by atoms with Gasteiger partial charge in [-0.3, -0.25) is 0 Å². The second kappa shape index (κ2) is 7.84. The van der Waals surface area contributed by atoms with Crippen molar-refractivity contribution in [2.24, 2.45) is 0 Å². The second-order valence-corrected chi connectivity index (χ2v) is 5.26. The van der Waals surface area contributed by atoms with Crippen LogP contribution in [0.1, 0.15) is 32.3 Å². The van der Waals surface area contributed by atoms with Crippen LogP contribution < -0.4 is 10.6 Å². The van der Waals surface area contributed by atoms with Crippen molar-refractivity contribution < 1.29 is 0 Å². The van der Waals surface area contributed by atoms with Crippen LogP contribution in [0.25, 0.3) is 0 Å². The molecular formula is C16H21ClN4. The highest BCUT2D eigenvalue weighted by Gasteiger charge is 2.08. The first kappa shape index (κ1) is 15.6. The molecule has 112 valence electrons. The lowest BCUT2D eigenvalue weighted by Gasteiger charge is -2.13. The van der Waals surface area contributed by atoms with Crippen LogP contribution in [0.2, 0.25) is 5.02 Å². The first-order chi connectivity index (χ1) is 10.2. The zero-order valence-electron chi connectivity index (χ0n) is 12.5. The number of anilines is 3. The molecule has 0 spiro atoms. The zero-order valence-corrected chi connectivity index (χ0v) is 13.2. The summed E-state index contributed by atoms with van der Waals surface area (Å²) in [7, 11) is 0. The monoisotopic (exact) mass is 304 g/mol. The lowest BCUT2D eigenvalue weighted by Crippen LogP contribution is -2.06. The maximum Gasteiger partial charge on any atom is 0.224 e. The third-order valence-corrected chi connectivity index (χ3v) is 3.34. The molecule has 0 fully saturated rings. The summed E-state index contributed by atoms with van der Waals surface area (Å²) in [6, 6.07) is 8.22. The largest absolute Gasteiger partial charge is 0.354 e. The summed E-state index contributed by atoms with van der Waals surface area (Å²) in [5, 5.41) is 7.00. The van der Waals surface area contributed by atoms with Gasteiger partial charge in [0.05, 0.1) is 6.20 Å². The fourth-order valence-corrected chi connectivity index (χ4v) is 2.17. The molecule has 5 heteroatoms. The maximum absolute atomic E-state index is 6.19. The van der Waals surface area contributed by atoms with Crippen LogP contribution >= 0.6 is 11.6 Å². The minimum Gasteiger partial charge on any atom is -0.354 e. The molecule has 0 saturated heterocycles. The number of nitrogens with one attached hydrogen (secondary N) is 2. The molecule has 1 aromatic heterocycles. The average Bonchev–Trinajstić information content (AvgIpc) is 2.50. The lowest BCUT2D eigenvalue weighted by atomic mass is 10.1. The number of aryl methyl sites for hydroxylation is 1. The van der Waals surface area contributed by atoms with E-state index in [0.29, 0.717) is 16.8 Å². The van der Waals surface area contributed by atoms with E-state index in [2.05, 4.69) is 40.5 Å². The molecule has 0 atom stereocenters. The highest BCUT2D eigenvalue weighted by Crippen LogP contribution is 2.26. The molecule has 0 amide bonds. The van der Waals surface area contributed by atoms with Gasteiger partial charge in [-0.2, -0.15) is 4.98 Å². The molecule has 0 aliphatic carbocycles. The van der Waals surface area contributed by atoms with Crippen molar-refractivity contribution in [2.75, 3.05) is 17.2 Å². The number of halogens is 1. The Bertz CT molecular complexity index is 586. The predicted molar refractivity (Wildman–Crippen MR) is 89.5 cm³/mol. The van der Waals surface area contributed by atoms with Crippen molar-refractivity contribution >= 4 is 29.1 Å². The number of para-hydroxylation sites is 1. The minimum absolute atomic E-state index is 0.517. The smallest absolute Gasteiger partial charge is 0.224 e. The van der Waals surface area contributed by atoms with Crippen LogP contribution in [0, 0.1) is 0 Å². The van der Waals surface area contributed by atoms with Crippen molar-refractivity contribution in [3.63, 3.8) is 0 Å². The van der Waals surface area contributed by atoms with Crippen LogP contribution in [0.3, 0.4) is 0 Å². The minimum atomic E-state index is 0.517. The molecule has 0 aliphatic rings. The van der Waals surface area contributed by atoms with E-state index in [1.807, 2.05) is 18.2 Å². The Kier molecular flexibility index (Phi) is 5.81. The van der Waals surface area contributed by atoms with Gasteiger partial charge in [0.15, 0.2) is 5.82 Å². The summed E-state index contributed by atoms with van der Waals surface area (Å²) in [6.45, 7) is 5.11. The molecule has 0 radical (unpaired) electrons. The number of nitrogens with zero attached hydrogens (tertiary/aromatic N) is 2. The quantitative estimate of drug-likeness (QED) is 0.782. The van der Waals surface area contributed by atoms with Gasteiger partial charge in [-0.1, -0.05) is 50.1 Å². The van der Waals surface area contributed by atoms with E-state index in [9.17, 15) is 0 Å². The Balaban J connectivity index is 2.22. The van der Waals surface area contributed by atoms with Gasteiger partial charge >= 0.3 is 0 Å². The second-order valence-electron chi connectivity index (χ2n) is 4.85. The van der Waals surface area contributed by atoms with E-state index in [1.165, 1.54) is 5.56 Å². The third-order valence-electron chi connectivity index (χ3n) is 3.07. The highest BCUT2D eigenvalue weighted by atomic mass is 35.5. The lowest BCUT2D eigenvalue weighted by molar-refractivity contribution is 0.923. The van der Waals surface area contributed by atoms with Gasteiger partial charge in [-0.15, -0.1) is 0 Å². The molecule has 2 aromatic rings. The topological polar surface area (TPSA) is 49.8 Å². The third kappa shape index (κ3) is 4.33. The fourth-order valence-electron chi connectivity index (χ4n) is 2.03. The predicted octanol–water partition coefficient (Wildman–Crippen LogP) is 4.65. The van der Waals surface area contributed by atoms with Crippen molar-refractivity contribution in [3.8, 4) is 0 Å². The Hall–Kier alpha value is -1.81. The molecular weight excluding hydrogens is 284 g/mol. The summed E-state index contributed by atoms with van der Waals surface area (Å²) >= 11 is 6.19. The van der Waals surface area contributed by atoms with Gasteiger partial charge in [0.2, 0.25) is 5.95 Å². The van der Waals surface area contributed by atoms with Crippen molar-refractivity contribution in [2.45, 2.75) is 33.1 Å². The van der Waals surface area contributed by atoms with Crippen LogP contribution in [-0.2, 0) is 6.42 Å². The van der Waals surface area contributed by atoms with E-state index in [-0.39, 0.29) is 0 Å². The Morgan fingerprint density at radius 3 is 2.71 bits per heavy atom. The van der Waals surface area contributed by atoms with Gasteiger partial charge in [0.1, 0.15) is 5.02 Å². The van der Waals surface area contributed by atoms with Crippen molar-refractivity contribution in [3.05, 3.63) is 41.0 Å². The molecule has 1 aromatic carbocycles. The van der Waals surface area contributed by atoms with Gasteiger partial charge < -0.3 is 10.6 Å². The van der Waals surface area contributed by atoms with E-state index in [0.717, 1.165) is 31.5 Å². The van der Waals surface area contributed by atoms with Gasteiger partial charge in [-0.05, 0) is 24.5 Å². The standard InChI is InChI=1S/C16H21ClN4/c1-3-7-12-8-5-6-9-14(12)20-15-13(17)11-19-16(21-15)18-10-4-2/h5-6,8-9,11H,3-4,7,10H2,1-2H3,(H2,18,19,20,21). The Morgan fingerprint density at radius 2 is 1.95 bits per heavy atom. The van der Waals surface area contributed by atoms with Crippen LogP contribution in [0.15, 0.2) is 30.5 Å². The summed E-state index contributed by atoms with van der Waals surface area (Å²) in [5.41, 5.74) is 2.30. The highest BCUT2D eigenvalue weighted by molar-refractivity contribution is 6.32. The number of aromatic nitrogens is 2. The molecule has 21 heavy (non-hydrogen) atoms. The first-order valence-electron chi connectivity index (χ1n) is 7.36. The van der Waals surface area contributed by atoms with Crippen LogP contribution in [0.5, 0.6) is 0 Å². The molecule has 1 heterocycles. The summed E-state index contributed by atoms with van der Waals surface area (Å²) in [4.78, 5) is 8.62. The maximum atomic E-state index is 6.19. The van der Waals surface area contributed by atoms with Crippen molar-refractivity contribution in [1.82, 2.24) is 9.97 Å². The molecule has 4 nitrogen and oxygen atoms in total. The Morgan fingerprint density at radius 1 is 1.14 bits per heavy atom. The van der Waals surface area contributed by atoms with E-state index >= 15 is 0 Å². The van der Waals surface area contributed by atoms with Crippen molar-refractivity contribution in [1.29, 1.82) is 0 Å². The summed E-state index contributed by atoms with van der Waals surface area (Å²) < 4.78 is 0. The fraction of sp³-hybridized carbons (Fsp3) is 0.375. The summed E-state index contributed by atoms with van der Waals surface area (Å²) in [5.74, 6) is 1.23. The van der Waals surface area contributed by atoms with Gasteiger partial charge in [-0.25, -0.2) is 4.98 Å². The molecule has 0 aliphatic heterocycles. The van der Waals surface area contributed by atoms with Gasteiger partial charge in [0.25, 0.3) is 0 Å². The molecule has 0 saturated carbocycles. The Labute approximate surface area is 131 Å². The molecule has 0 bridgehead atoms. The van der Waals surface area contributed by atoms with Crippen LogP contribution in [0.4, 0.5) is 17.5 Å². The molecule has 0 unspecified atom stereocenters. The first-order valence-corrected chi connectivity index (χ1v) is 7.73. The van der Waals surface area contributed by atoms with Crippen LogP contribution in [-0.4, -0.2) is 16.5 Å². The van der Waals surface area contributed by atoms with E-state index in [4.69, 9.17) is 11.6 Å². The number of benzene rings is 1. The zero-order chi connectivity index (χ0) is 15.1.